The van der Waals surface area contributed by atoms with E-state index in [1.54, 1.807) is 12.3 Å². The zero-order valence-electron chi connectivity index (χ0n) is 12.6. The van der Waals surface area contributed by atoms with Crippen LogP contribution in [0.25, 0.3) is 22.0 Å². The van der Waals surface area contributed by atoms with Crippen LogP contribution in [0.15, 0.2) is 54.7 Å². The number of carbonyl (C=O) groups excluding carboxylic acids is 1. The lowest BCUT2D eigenvalue weighted by atomic mass is 10.0. The van der Waals surface area contributed by atoms with Crippen LogP contribution in [0.3, 0.4) is 0 Å². The number of carboxylic acid groups (broad SMARTS) is 1. The number of hydrogen-bond acceptors (Lipinski definition) is 4. The van der Waals surface area contributed by atoms with Gasteiger partial charge >= 0.3 is 5.97 Å². The molecule has 1 aromatic heterocycles. The van der Waals surface area contributed by atoms with Crippen molar-refractivity contribution in [3.8, 4) is 16.9 Å². The third-order valence-electron chi connectivity index (χ3n) is 3.57. The molecule has 2 aromatic carbocycles. The molecule has 0 saturated carbocycles. The summed E-state index contributed by atoms with van der Waals surface area (Å²) in [6, 6.07) is 14.6. The molecule has 0 unspecified atom stereocenters. The molecule has 6 heteroatoms. The molecule has 0 bridgehead atoms. The number of aromatic nitrogens is 1. The van der Waals surface area contributed by atoms with Gasteiger partial charge in [-0.05, 0) is 23.8 Å². The summed E-state index contributed by atoms with van der Waals surface area (Å²) < 4.78 is 0. The zero-order chi connectivity index (χ0) is 17.1. The Bertz CT molecular complexity index is 923. The standard InChI is InChI=1S/C18H14N2O4/c21-14-7-6-12-8-13(11-4-2-1-3-5-11)9-19-17(12)16(14)18(24)20-10-15(22)23/h1-9,21H,10H2,(H,20,24)(H,22,23). The number of pyridine rings is 1. The predicted molar refractivity (Wildman–Crippen MR) is 88.8 cm³/mol. The molecule has 0 fully saturated rings. The van der Waals surface area contributed by atoms with Crippen molar-refractivity contribution < 1.29 is 19.8 Å². The van der Waals surface area contributed by atoms with E-state index >= 15 is 0 Å². The second-order valence-corrected chi connectivity index (χ2v) is 5.20. The monoisotopic (exact) mass is 322 g/mol. The molecule has 0 atom stereocenters. The third kappa shape index (κ3) is 3.03. The summed E-state index contributed by atoms with van der Waals surface area (Å²) in [6.07, 6.45) is 1.62. The van der Waals surface area contributed by atoms with Crippen LogP contribution in [-0.4, -0.2) is 33.6 Å². The van der Waals surface area contributed by atoms with Crippen LogP contribution < -0.4 is 5.32 Å². The van der Waals surface area contributed by atoms with Gasteiger partial charge in [0.2, 0.25) is 0 Å². The minimum absolute atomic E-state index is 0.0339. The van der Waals surface area contributed by atoms with E-state index in [9.17, 15) is 14.7 Å². The number of fused-ring (bicyclic) bond motifs is 1. The van der Waals surface area contributed by atoms with E-state index in [2.05, 4.69) is 10.3 Å². The van der Waals surface area contributed by atoms with Gasteiger partial charge in [0.05, 0.1) is 5.52 Å². The second kappa shape index (κ2) is 6.37. The first-order valence-electron chi connectivity index (χ1n) is 7.23. The highest BCUT2D eigenvalue weighted by Gasteiger charge is 2.17. The SMILES string of the molecule is O=C(O)CNC(=O)c1c(O)ccc2cc(-c3ccccc3)cnc12. The van der Waals surface area contributed by atoms with Crippen LogP contribution in [0.1, 0.15) is 10.4 Å². The van der Waals surface area contributed by atoms with Gasteiger partial charge in [-0.15, -0.1) is 0 Å². The molecule has 3 aromatic rings. The van der Waals surface area contributed by atoms with Crippen LogP contribution in [-0.2, 0) is 4.79 Å². The molecule has 0 saturated heterocycles. The average Bonchev–Trinajstić information content (AvgIpc) is 2.60. The summed E-state index contributed by atoms with van der Waals surface area (Å²) in [5.41, 5.74) is 2.15. The Hall–Kier alpha value is -3.41. The van der Waals surface area contributed by atoms with Gasteiger partial charge in [-0.3, -0.25) is 14.6 Å². The van der Waals surface area contributed by atoms with Crippen molar-refractivity contribution >= 4 is 22.8 Å². The van der Waals surface area contributed by atoms with Crippen molar-refractivity contribution in [3.63, 3.8) is 0 Å². The molecular weight excluding hydrogens is 308 g/mol. The fourth-order valence-corrected chi connectivity index (χ4v) is 2.45. The first kappa shape index (κ1) is 15.5. The van der Waals surface area contributed by atoms with Crippen LogP contribution in [0.2, 0.25) is 0 Å². The predicted octanol–water partition coefficient (Wildman–Crippen LogP) is 2.42. The lowest BCUT2D eigenvalue weighted by molar-refractivity contribution is -0.135. The number of aliphatic carboxylic acids is 1. The van der Waals surface area contributed by atoms with E-state index in [1.807, 2.05) is 36.4 Å². The Balaban J connectivity index is 2.06. The fraction of sp³-hybridized carbons (Fsp3) is 0.0556. The minimum Gasteiger partial charge on any atom is -0.507 e. The Morgan fingerprint density at radius 3 is 2.50 bits per heavy atom. The van der Waals surface area contributed by atoms with Crippen molar-refractivity contribution in [2.24, 2.45) is 0 Å². The van der Waals surface area contributed by atoms with Gasteiger partial charge in [0.1, 0.15) is 17.9 Å². The molecule has 0 spiro atoms. The molecule has 6 nitrogen and oxygen atoms in total. The van der Waals surface area contributed by atoms with Gasteiger partial charge in [-0.25, -0.2) is 0 Å². The van der Waals surface area contributed by atoms with Crippen molar-refractivity contribution in [1.29, 1.82) is 0 Å². The number of amides is 1. The average molecular weight is 322 g/mol. The minimum atomic E-state index is -1.16. The molecule has 0 aliphatic rings. The molecule has 1 heterocycles. The van der Waals surface area contributed by atoms with Crippen LogP contribution in [0, 0.1) is 0 Å². The van der Waals surface area contributed by atoms with Gasteiger partial charge in [-0.2, -0.15) is 0 Å². The number of hydrogen-bond donors (Lipinski definition) is 3. The van der Waals surface area contributed by atoms with Gasteiger partial charge in [0.25, 0.3) is 5.91 Å². The lowest BCUT2D eigenvalue weighted by Gasteiger charge is -2.09. The number of benzene rings is 2. The molecule has 24 heavy (non-hydrogen) atoms. The first-order valence-corrected chi connectivity index (χ1v) is 7.23. The van der Waals surface area contributed by atoms with Crippen molar-refractivity contribution in [2.45, 2.75) is 0 Å². The summed E-state index contributed by atoms with van der Waals surface area (Å²) in [4.78, 5) is 27.1. The number of phenolic OH excluding ortho intramolecular Hbond substituents is 1. The van der Waals surface area contributed by atoms with Crippen LogP contribution >= 0.6 is 0 Å². The van der Waals surface area contributed by atoms with E-state index in [-0.39, 0.29) is 11.3 Å². The summed E-state index contributed by atoms with van der Waals surface area (Å²) in [5, 5.41) is 21.6. The maximum absolute atomic E-state index is 12.2. The van der Waals surface area contributed by atoms with Gasteiger partial charge in [0, 0.05) is 17.1 Å². The fourth-order valence-electron chi connectivity index (χ4n) is 2.45. The Morgan fingerprint density at radius 1 is 1.04 bits per heavy atom. The second-order valence-electron chi connectivity index (χ2n) is 5.20. The number of carboxylic acids is 1. The highest BCUT2D eigenvalue weighted by Crippen LogP contribution is 2.29. The number of rotatable bonds is 4. The smallest absolute Gasteiger partial charge is 0.322 e. The summed E-state index contributed by atoms with van der Waals surface area (Å²) in [6.45, 7) is -0.531. The number of carbonyl (C=O) groups is 2. The van der Waals surface area contributed by atoms with Gasteiger partial charge in [-0.1, -0.05) is 30.3 Å². The quantitative estimate of drug-likeness (QED) is 0.685. The molecule has 0 aliphatic heterocycles. The normalized spacial score (nSPS) is 10.5. The third-order valence-corrected chi connectivity index (χ3v) is 3.57. The van der Waals surface area contributed by atoms with Crippen molar-refractivity contribution in [1.82, 2.24) is 10.3 Å². The van der Waals surface area contributed by atoms with E-state index in [1.165, 1.54) is 6.07 Å². The molecule has 1 amide bonds. The van der Waals surface area contributed by atoms with Crippen molar-refractivity contribution in [3.05, 3.63) is 60.3 Å². The topological polar surface area (TPSA) is 99.5 Å². The number of nitrogens with one attached hydrogen (secondary N) is 1. The number of aromatic hydroxyl groups is 1. The summed E-state index contributed by atoms with van der Waals surface area (Å²) >= 11 is 0. The molecule has 120 valence electrons. The maximum atomic E-state index is 12.2. The highest BCUT2D eigenvalue weighted by atomic mass is 16.4. The highest BCUT2D eigenvalue weighted by molar-refractivity contribution is 6.08. The van der Waals surface area contributed by atoms with Gasteiger partial charge in [0.15, 0.2) is 0 Å². The molecule has 3 rings (SSSR count). The summed E-state index contributed by atoms with van der Waals surface area (Å²) in [7, 11) is 0. The van der Waals surface area contributed by atoms with Crippen molar-refractivity contribution in [2.75, 3.05) is 6.54 Å². The number of phenols is 1. The summed E-state index contributed by atoms with van der Waals surface area (Å²) in [5.74, 6) is -2.09. The van der Waals surface area contributed by atoms with E-state index in [0.717, 1.165) is 11.1 Å². The van der Waals surface area contributed by atoms with Gasteiger partial charge < -0.3 is 15.5 Å². The zero-order valence-corrected chi connectivity index (χ0v) is 12.6. The molecule has 0 radical (unpaired) electrons. The van der Waals surface area contributed by atoms with E-state index in [4.69, 9.17) is 5.11 Å². The van der Waals surface area contributed by atoms with E-state index in [0.29, 0.717) is 10.9 Å². The van der Waals surface area contributed by atoms with Crippen LogP contribution in [0.5, 0.6) is 5.75 Å². The maximum Gasteiger partial charge on any atom is 0.322 e. The molecule has 0 aliphatic carbocycles. The van der Waals surface area contributed by atoms with Crippen LogP contribution in [0.4, 0.5) is 0 Å². The first-order chi connectivity index (χ1) is 11.6. The largest absolute Gasteiger partial charge is 0.507 e. The lowest BCUT2D eigenvalue weighted by Crippen LogP contribution is -2.29. The Morgan fingerprint density at radius 2 is 1.79 bits per heavy atom. The molecular formula is C18H14N2O4. The molecule has 3 N–H and O–H groups in total. The Kier molecular flexibility index (Phi) is 4.11. The Labute approximate surface area is 137 Å². The van der Waals surface area contributed by atoms with E-state index < -0.39 is 18.4 Å². The number of nitrogens with zero attached hydrogens (tertiary/aromatic N) is 1.